The Balaban J connectivity index is 2.06. The quantitative estimate of drug-likeness (QED) is 0.771. The summed E-state index contributed by atoms with van der Waals surface area (Å²) >= 11 is 0. The fourth-order valence-electron chi connectivity index (χ4n) is 1.54. The number of nitrogens with two attached hydrogens (primary N) is 1. The molecule has 0 saturated carbocycles. The lowest BCUT2D eigenvalue weighted by atomic mass is 10.1. The van der Waals surface area contributed by atoms with Gasteiger partial charge in [-0.15, -0.1) is 0 Å². The van der Waals surface area contributed by atoms with Crippen LogP contribution < -0.4 is 5.73 Å². The highest BCUT2D eigenvalue weighted by atomic mass is 16.7. The predicted octanol–water partition coefficient (Wildman–Crippen LogP) is 1.37. The molecule has 2 rings (SSSR count). The van der Waals surface area contributed by atoms with E-state index in [4.69, 9.17) is 15.2 Å². The van der Waals surface area contributed by atoms with Gasteiger partial charge in [0, 0.05) is 6.54 Å². The molecular weight excluding hydrogens is 178 g/mol. The van der Waals surface area contributed by atoms with Crippen LogP contribution in [0, 0.1) is 6.92 Å². The average Bonchev–Trinajstić information content (AvgIpc) is 2.67. The standard InChI is InChI=1S/C11H15NO2/c1-8-2-4-9(5-3-8)10-7-13-11(6-12)14-10/h2-5,10-11H,6-7,12H2,1H3. The van der Waals surface area contributed by atoms with E-state index in [0.717, 1.165) is 5.56 Å². The van der Waals surface area contributed by atoms with E-state index in [1.807, 2.05) is 0 Å². The molecule has 0 radical (unpaired) electrons. The van der Waals surface area contributed by atoms with E-state index >= 15 is 0 Å². The van der Waals surface area contributed by atoms with Crippen molar-refractivity contribution in [2.24, 2.45) is 5.73 Å². The summed E-state index contributed by atoms with van der Waals surface area (Å²) in [6, 6.07) is 8.30. The first kappa shape index (κ1) is 9.65. The maximum atomic E-state index is 5.59. The third kappa shape index (κ3) is 1.95. The topological polar surface area (TPSA) is 44.5 Å². The van der Waals surface area contributed by atoms with Crippen molar-refractivity contribution in [2.75, 3.05) is 13.2 Å². The molecule has 2 N–H and O–H groups in total. The van der Waals surface area contributed by atoms with Crippen molar-refractivity contribution < 1.29 is 9.47 Å². The molecule has 1 fully saturated rings. The lowest BCUT2D eigenvalue weighted by molar-refractivity contribution is -0.0497. The molecule has 3 nitrogen and oxygen atoms in total. The van der Waals surface area contributed by atoms with Gasteiger partial charge in [0.2, 0.25) is 0 Å². The second-order valence-corrected chi connectivity index (χ2v) is 3.53. The maximum Gasteiger partial charge on any atom is 0.170 e. The summed E-state index contributed by atoms with van der Waals surface area (Å²) in [5, 5.41) is 0. The zero-order chi connectivity index (χ0) is 9.97. The molecule has 3 heteroatoms. The highest BCUT2D eigenvalue weighted by Gasteiger charge is 2.25. The van der Waals surface area contributed by atoms with Crippen molar-refractivity contribution in [3.63, 3.8) is 0 Å². The zero-order valence-corrected chi connectivity index (χ0v) is 8.27. The van der Waals surface area contributed by atoms with Crippen LogP contribution in [0.3, 0.4) is 0 Å². The van der Waals surface area contributed by atoms with Crippen LogP contribution in [0.5, 0.6) is 0 Å². The second-order valence-electron chi connectivity index (χ2n) is 3.53. The minimum Gasteiger partial charge on any atom is -0.348 e. The van der Waals surface area contributed by atoms with Crippen LogP contribution in [0.1, 0.15) is 17.2 Å². The molecule has 14 heavy (non-hydrogen) atoms. The first-order valence-corrected chi connectivity index (χ1v) is 4.83. The van der Waals surface area contributed by atoms with Gasteiger partial charge < -0.3 is 15.2 Å². The minimum atomic E-state index is -0.235. The van der Waals surface area contributed by atoms with Crippen LogP contribution >= 0.6 is 0 Å². The first-order chi connectivity index (χ1) is 6.79. The summed E-state index contributed by atoms with van der Waals surface area (Å²) in [5.41, 5.74) is 7.86. The van der Waals surface area contributed by atoms with Crippen LogP contribution in [0.25, 0.3) is 0 Å². The number of aryl methyl sites for hydroxylation is 1. The van der Waals surface area contributed by atoms with Crippen molar-refractivity contribution in [1.29, 1.82) is 0 Å². The summed E-state index contributed by atoms with van der Waals surface area (Å²) in [7, 11) is 0. The van der Waals surface area contributed by atoms with E-state index in [2.05, 4.69) is 31.2 Å². The molecule has 2 atom stereocenters. The van der Waals surface area contributed by atoms with Gasteiger partial charge in [-0.1, -0.05) is 29.8 Å². The molecule has 0 aromatic heterocycles. The Morgan fingerprint density at radius 1 is 1.36 bits per heavy atom. The van der Waals surface area contributed by atoms with Crippen molar-refractivity contribution in [2.45, 2.75) is 19.3 Å². The van der Waals surface area contributed by atoms with Crippen LogP contribution in [0.2, 0.25) is 0 Å². The van der Waals surface area contributed by atoms with Gasteiger partial charge >= 0.3 is 0 Å². The number of ether oxygens (including phenoxy) is 2. The second kappa shape index (κ2) is 4.09. The molecule has 1 aromatic rings. The zero-order valence-electron chi connectivity index (χ0n) is 8.27. The Bertz CT molecular complexity index is 297. The van der Waals surface area contributed by atoms with Crippen molar-refractivity contribution in [3.8, 4) is 0 Å². The highest BCUT2D eigenvalue weighted by molar-refractivity contribution is 5.23. The molecule has 1 heterocycles. The lowest BCUT2D eigenvalue weighted by Crippen LogP contribution is -2.20. The van der Waals surface area contributed by atoms with Gasteiger partial charge in [-0.05, 0) is 12.5 Å². The maximum absolute atomic E-state index is 5.59. The molecule has 0 bridgehead atoms. The monoisotopic (exact) mass is 193 g/mol. The summed E-state index contributed by atoms with van der Waals surface area (Å²) in [6.07, 6.45) is -0.189. The Morgan fingerprint density at radius 2 is 2.07 bits per heavy atom. The lowest BCUT2D eigenvalue weighted by Gasteiger charge is -2.09. The highest BCUT2D eigenvalue weighted by Crippen LogP contribution is 2.25. The number of benzene rings is 1. The molecule has 76 valence electrons. The molecule has 1 saturated heterocycles. The number of rotatable bonds is 2. The molecular formula is C11H15NO2. The van der Waals surface area contributed by atoms with Gasteiger partial charge in [-0.25, -0.2) is 0 Å². The molecule has 2 unspecified atom stereocenters. The van der Waals surface area contributed by atoms with Gasteiger partial charge in [0.15, 0.2) is 6.29 Å². The van der Waals surface area contributed by atoms with Gasteiger partial charge in [0.1, 0.15) is 6.10 Å². The van der Waals surface area contributed by atoms with E-state index < -0.39 is 0 Å². The normalized spacial score (nSPS) is 26.7. The van der Waals surface area contributed by atoms with Crippen molar-refractivity contribution in [1.82, 2.24) is 0 Å². The van der Waals surface area contributed by atoms with Crippen LogP contribution in [0.15, 0.2) is 24.3 Å². The van der Waals surface area contributed by atoms with Crippen LogP contribution in [-0.2, 0) is 9.47 Å². The molecule has 1 aliphatic heterocycles. The van der Waals surface area contributed by atoms with E-state index in [9.17, 15) is 0 Å². The fraction of sp³-hybridized carbons (Fsp3) is 0.455. The number of hydrogen-bond donors (Lipinski definition) is 1. The van der Waals surface area contributed by atoms with Gasteiger partial charge in [-0.3, -0.25) is 0 Å². The Labute approximate surface area is 83.8 Å². The molecule has 0 aliphatic carbocycles. The molecule has 1 aliphatic rings. The Hall–Kier alpha value is -0.900. The average molecular weight is 193 g/mol. The van der Waals surface area contributed by atoms with Gasteiger partial charge in [0.05, 0.1) is 6.61 Å². The van der Waals surface area contributed by atoms with E-state index in [1.165, 1.54) is 5.56 Å². The number of hydrogen-bond acceptors (Lipinski definition) is 3. The Kier molecular flexibility index (Phi) is 2.82. The van der Waals surface area contributed by atoms with Crippen LogP contribution in [0.4, 0.5) is 0 Å². The minimum absolute atomic E-state index is 0.0455. The van der Waals surface area contributed by atoms with Gasteiger partial charge in [0.25, 0.3) is 0 Å². The predicted molar refractivity (Wildman–Crippen MR) is 53.8 cm³/mol. The van der Waals surface area contributed by atoms with Crippen LogP contribution in [-0.4, -0.2) is 19.4 Å². The summed E-state index contributed by atoms with van der Waals surface area (Å²) < 4.78 is 10.9. The summed E-state index contributed by atoms with van der Waals surface area (Å²) in [6.45, 7) is 3.09. The van der Waals surface area contributed by atoms with Gasteiger partial charge in [-0.2, -0.15) is 0 Å². The first-order valence-electron chi connectivity index (χ1n) is 4.83. The summed E-state index contributed by atoms with van der Waals surface area (Å²) in [5.74, 6) is 0. The molecule has 0 amide bonds. The Morgan fingerprint density at radius 3 is 2.64 bits per heavy atom. The SMILES string of the molecule is Cc1ccc(C2COC(CN)O2)cc1. The molecule has 0 spiro atoms. The third-order valence-electron chi connectivity index (χ3n) is 2.39. The van der Waals surface area contributed by atoms with E-state index in [0.29, 0.717) is 13.2 Å². The van der Waals surface area contributed by atoms with E-state index in [1.54, 1.807) is 0 Å². The largest absolute Gasteiger partial charge is 0.348 e. The summed E-state index contributed by atoms with van der Waals surface area (Å²) in [4.78, 5) is 0. The van der Waals surface area contributed by atoms with Crippen molar-refractivity contribution in [3.05, 3.63) is 35.4 Å². The fourth-order valence-corrected chi connectivity index (χ4v) is 1.54. The van der Waals surface area contributed by atoms with E-state index in [-0.39, 0.29) is 12.4 Å². The van der Waals surface area contributed by atoms with Crippen molar-refractivity contribution >= 4 is 0 Å². The third-order valence-corrected chi connectivity index (χ3v) is 2.39. The molecule has 1 aromatic carbocycles. The smallest absolute Gasteiger partial charge is 0.170 e.